The van der Waals surface area contributed by atoms with Crippen molar-refractivity contribution in [3.8, 4) is 0 Å². The third kappa shape index (κ3) is 4.35. The molecule has 1 N–H and O–H groups in total. The van der Waals surface area contributed by atoms with Crippen molar-refractivity contribution < 1.29 is 0 Å². The van der Waals surface area contributed by atoms with E-state index in [1.54, 1.807) is 0 Å². The Morgan fingerprint density at radius 2 is 1.79 bits per heavy atom. The van der Waals surface area contributed by atoms with Crippen LogP contribution in [0, 0.1) is 19.8 Å². The van der Waals surface area contributed by atoms with Crippen molar-refractivity contribution in [3.05, 3.63) is 34.9 Å². The van der Waals surface area contributed by atoms with Gasteiger partial charge < -0.3 is 5.32 Å². The Hall–Kier alpha value is -0.820. The van der Waals surface area contributed by atoms with Crippen molar-refractivity contribution in [3.63, 3.8) is 0 Å². The van der Waals surface area contributed by atoms with Crippen LogP contribution in [0.15, 0.2) is 18.2 Å². The second kappa shape index (κ2) is 7.09. The van der Waals surface area contributed by atoms with Crippen molar-refractivity contribution in [1.82, 2.24) is 5.32 Å². The normalized spacial score (nSPS) is 19.1. The van der Waals surface area contributed by atoms with Gasteiger partial charge in [0, 0.05) is 12.6 Å². The van der Waals surface area contributed by atoms with E-state index in [0.29, 0.717) is 6.04 Å². The second-order valence-electron chi connectivity index (χ2n) is 6.35. The maximum absolute atomic E-state index is 3.76. The fourth-order valence-corrected chi connectivity index (χ4v) is 3.24. The van der Waals surface area contributed by atoms with E-state index in [1.165, 1.54) is 55.2 Å². The zero-order valence-corrected chi connectivity index (χ0v) is 12.8. The van der Waals surface area contributed by atoms with Crippen molar-refractivity contribution in [1.29, 1.82) is 0 Å². The quantitative estimate of drug-likeness (QED) is 0.769. The van der Waals surface area contributed by atoms with Crippen molar-refractivity contribution >= 4 is 0 Å². The lowest BCUT2D eigenvalue weighted by Gasteiger charge is -2.24. The van der Waals surface area contributed by atoms with Crippen LogP contribution in [0.25, 0.3) is 0 Å². The van der Waals surface area contributed by atoms with Crippen LogP contribution in [0.5, 0.6) is 0 Å². The average molecular weight is 259 g/mol. The third-order valence-corrected chi connectivity index (χ3v) is 4.73. The summed E-state index contributed by atoms with van der Waals surface area (Å²) in [7, 11) is 0. The molecule has 0 aromatic heterocycles. The lowest BCUT2D eigenvalue weighted by Crippen LogP contribution is -2.33. The molecule has 106 valence electrons. The van der Waals surface area contributed by atoms with Crippen LogP contribution in [0.4, 0.5) is 0 Å². The first-order chi connectivity index (χ1) is 9.16. The van der Waals surface area contributed by atoms with Gasteiger partial charge in [-0.3, -0.25) is 0 Å². The van der Waals surface area contributed by atoms with E-state index in [-0.39, 0.29) is 0 Å². The Morgan fingerprint density at radius 1 is 1.11 bits per heavy atom. The molecule has 0 radical (unpaired) electrons. The molecule has 0 saturated heterocycles. The van der Waals surface area contributed by atoms with Gasteiger partial charge in [-0.2, -0.15) is 0 Å². The highest BCUT2D eigenvalue weighted by atomic mass is 14.9. The molecular weight excluding hydrogens is 230 g/mol. The first-order valence-electron chi connectivity index (χ1n) is 7.96. The van der Waals surface area contributed by atoms with Crippen LogP contribution < -0.4 is 5.32 Å². The van der Waals surface area contributed by atoms with Gasteiger partial charge in [0.2, 0.25) is 0 Å². The maximum Gasteiger partial charge on any atom is 0.0210 e. The highest BCUT2D eigenvalue weighted by molar-refractivity contribution is 5.30. The molecule has 0 aliphatic heterocycles. The topological polar surface area (TPSA) is 12.0 Å². The van der Waals surface area contributed by atoms with Gasteiger partial charge in [0.25, 0.3) is 0 Å². The molecule has 1 aliphatic rings. The number of hydrogen-bond donors (Lipinski definition) is 1. The molecular formula is C18H29N. The maximum atomic E-state index is 3.76. The zero-order valence-electron chi connectivity index (χ0n) is 12.8. The minimum atomic E-state index is 0.651. The number of aryl methyl sites for hydroxylation is 2. The standard InChI is InChI=1S/C18H29N/c1-14-10-11-15(2)18(12-14)13-19-16(3)17-8-6-4-5-7-9-17/h10-12,16-17,19H,4-9,13H2,1-3H3/t16-/m0/s1. The van der Waals surface area contributed by atoms with E-state index in [4.69, 9.17) is 0 Å². The average Bonchev–Trinajstić information content (AvgIpc) is 2.68. The zero-order chi connectivity index (χ0) is 13.7. The molecule has 1 aromatic rings. The molecule has 0 amide bonds. The summed E-state index contributed by atoms with van der Waals surface area (Å²) >= 11 is 0. The molecule has 1 nitrogen and oxygen atoms in total. The number of benzene rings is 1. The van der Waals surface area contributed by atoms with Crippen LogP contribution in [0.1, 0.15) is 62.1 Å². The summed E-state index contributed by atoms with van der Waals surface area (Å²) in [6.45, 7) is 7.79. The highest BCUT2D eigenvalue weighted by Gasteiger charge is 2.18. The Balaban J connectivity index is 1.88. The molecule has 0 heterocycles. The first kappa shape index (κ1) is 14.6. The van der Waals surface area contributed by atoms with Crippen LogP contribution in [-0.4, -0.2) is 6.04 Å². The van der Waals surface area contributed by atoms with Crippen LogP contribution in [0.3, 0.4) is 0 Å². The monoisotopic (exact) mass is 259 g/mol. The molecule has 0 spiro atoms. The largest absolute Gasteiger partial charge is 0.310 e. The summed E-state index contributed by atoms with van der Waals surface area (Å²) in [6.07, 6.45) is 8.59. The summed E-state index contributed by atoms with van der Waals surface area (Å²) in [6, 6.07) is 7.41. The van der Waals surface area contributed by atoms with Crippen LogP contribution in [-0.2, 0) is 6.54 Å². The number of nitrogens with one attached hydrogen (secondary N) is 1. The van der Waals surface area contributed by atoms with E-state index < -0.39 is 0 Å². The SMILES string of the molecule is Cc1ccc(C)c(CN[C@@H](C)C2CCCCCC2)c1. The summed E-state index contributed by atoms with van der Waals surface area (Å²) in [5.74, 6) is 0.882. The predicted octanol–water partition coefficient (Wildman–Crippen LogP) is 4.75. The van der Waals surface area contributed by atoms with E-state index in [2.05, 4.69) is 44.3 Å². The number of rotatable bonds is 4. The molecule has 2 rings (SSSR count). The molecule has 1 heteroatoms. The molecule has 1 saturated carbocycles. The molecule has 1 fully saturated rings. The van der Waals surface area contributed by atoms with E-state index in [0.717, 1.165) is 12.5 Å². The lowest BCUT2D eigenvalue weighted by atomic mass is 9.92. The number of hydrogen-bond acceptors (Lipinski definition) is 1. The van der Waals surface area contributed by atoms with Gasteiger partial charge in [-0.25, -0.2) is 0 Å². The predicted molar refractivity (Wildman–Crippen MR) is 83.4 cm³/mol. The van der Waals surface area contributed by atoms with Gasteiger partial charge in [-0.05, 0) is 50.7 Å². The molecule has 0 bridgehead atoms. The minimum absolute atomic E-state index is 0.651. The van der Waals surface area contributed by atoms with Gasteiger partial charge in [-0.15, -0.1) is 0 Å². The molecule has 19 heavy (non-hydrogen) atoms. The lowest BCUT2D eigenvalue weighted by molar-refractivity contribution is 0.336. The molecule has 0 unspecified atom stereocenters. The highest BCUT2D eigenvalue weighted by Crippen LogP contribution is 2.25. The first-order valence-corrected chi connectivity index (χ1v) is 7.96. The fourth-order valence-electron chi connectivity index (χ4n) is 3.24. The van der Waals surface area contributed by atoms with Gasteiger partial charge in [0.15, 0.2) is 0 Å². The summed E-state index contributed by atoms with van der Waals surface area (Å²) in [5.41, 5.74) is 4.23. The molecule has 1 aromatic carbocycles. The van der Waals surface area contributed by atoms with E-state index in [1.807, 2.05) is 0 Å². The Bertz CT molecular complexity index is 389. The molecule has 1 atom stereocenters. The Morgan fingerprint density at radius 3 is 2.47 bits per heavy atom. The van der Waals surface area contributed by atoms with Crippen molar-refractivity contribution in [2.45, 2.75) is 71.9 Å². The fraction of sp³-hybridized carbons (Fsp3) is 0.667. The van der Waals surface area contributed by atoms with Gasteiger partial charge in [0.05, 0.1) is 0 Å². The Labute approximate surface area is 118 Å². The summed E-state index contributed by atoms with van der Waals surface area (Å²) in [5, 5.41) is 3.76. The van der Waals surface area contributed by atoms with Gasteiger partial charge >= 0.3 is 0 Å². The minimum Gasteiger partial charge on any atom is -0.310 e. The van der Waals surface area contributed by atoms with Gasteiger partial charge in [-0.1, -0.05) is 49.4 Å². The smallest absolute Gasteiger partial charge is 0.0210 e. The van der Waals surface area contributed by atoms with Crippen LogP contribution >= 0.6 is 0 Å². The van der Waals surface area contributed by atoms with Crippen molar-refractivity contribution in [2.24, 2.45) is 5.92 Å². The summed E-state index contributed by atoms with van der Waals surface area (Å²) < 4.78 is 0. The van der Waals surface area contributed by atoms with Crippen molar-refractivity contribution in [2.75, 3.05) is 0 Å². The van der Waals surface area contributed by atoms with E-state index >= 15 is 0 Å². The third-order valence-electron chi connectivity index (χ3n) is 4.73. The van der Waals surface area contributed by atoms with E-state index in [9.17, 15) is 0 Å². The van der Waals surface area contributed by atoms with Crippen LogP contribution in [0.2, 0.25) is 0 Å². The van der Waals surface area contributed by atoms with Gasteiger partial charge in [0.1, 0.15) is 0 Å². The molecule has 1 aliphatic carbocycles. The Kier molecular flexibility index (Phi) is 5.45. The second-order valence-corrected chi connectivity index (χ2v) is 6.35. The summed E-state index contributed by atoms with van der Waals surface area (Å²) in [4.78, 5) is 0.